The van der Waals surface area contributed by atoms with Crippen molar-refractivity contribution in [2.24, 2.45) is 0 Å². The van der Waals surface area contributed by atoms with Gasteiger partial charge in [0, 0.05) is 37.7 Å². The second kappa shape index (κ2) is 6.82. The number of nitrogens with zero attached hydrogens (tertiary/aromatic N) is 4. The Kier molecular flexibility index (Phi) is 4.59. The van der Waals surface area contributed by atoms with E-state index < -0.39 is 0 Å². The molecule has 0 radical (unpaired) electrons. The molecule has 1 saturated heterocycles. The number of carbonyl (C=O) groups excluding carboxylic acids is 2. The maximum Gasteiger partial charge on any atom is 0.254 e. The van der Waals surface area contributed by atoms with E-state index >= 15 is 0 Å². The van der Waals surface area contributed by atoms with Crippen molar-refractivity contribution in [2.75, 3.05) is 26.7 Å². The van der Waals surface area contributed by atoms with E-state index in [1.54, 1.807) is 29.0 Å². The first-order valence-corrected chi connectivity index (χ1v) is 8.13. The van der Waals surface area contributed by atoms with Gasteiger partial charge in [-0.05, 0) is 18.6 Å². The molecule has 1 aromatic heterocycles. The van der Waals surface area contributed by atoms with E-state index in [1.807, 2.05) is 19.1 Å². The summed E-state index contributed by atoms with van der Waals surface area (Å²) in [6, 6.07) is 7.20. The lowest BCUT2D eigenvalue weighted by molar-refractivity contribution is -0.129. The molecular weight excluding hydrogens is 306 g/mol. The summed E-state index contributed by atoms with van der Waals surface area (Å²) in [5.41, 5.74) is 1.43. The van der Waals surface area contributed by atoms with Crippen molar-refractivity contribution >= 4 is 11.8 Å². The smallest absolute Gasteiger partial charge is 0.254 e. The second-order valence-electron chi connectivity index (χ2n) is 5.93. The zero-order valence-electron chi connectivity index (χ0n) is 14.0. The number of hydrogen-bond donors (Lipinski definition) is 1. The third-order valence-corrected chi connectivity index (χ3v) is 4.22. The quantitative estimate of drug-likeness (QED) is 0.922. The molecule has 1 fully saturated rings. The summed E-state index contributed by atoms with van der Waals surface area (Å²) in [6.07, 6.45) is 1.59. The molecule has 7 nitrogen and oxygen atoms in total. The number of aromatic amines is 1. The predicted octanol–water partition coefficient (Wildman–Crippen LogP) is 1.34. The molecule has 24 heavy (non-hydrogen) atoms. The van der Waals surface area contributed by atoms with Crippen LogP contribution in [0.4, 0.5) is 0 Å². The maximum atomic E-state index is 12.6. The highest BCUT2D eigenvalue weighted by molar-refractivity contribution is 5.97. The molecule has 3 rings (SSSR count). The number of H-pyrrole nitrogens is 1. The first-order chi connectivity index (χ1) is 11.6. The van der Waals surface area contributed by atoms with Gasteiger partial charge in [0.15, 0.2) is 5.82 Å². The van der Waals surface area contributed by atoms with E-state index in [4.69, 9.17) is 0 Å². The number of benzene rings is 1. The highest BCUT2D eigenvalue weighted by Gasteiger charge is 2.23. The molecule has 1 aliphatic rings. The molecule has 0 atom stereocenters. The van der Waals surface area contributed by atoms with Crippen LogP contribution in [0.2, 0.25) is 0 Å². The van der Waals surface area contributed by atoms with Crippen molar-refractivity contribution in [1.29, 1.82) is 0 Å². The molecule has 2 amide bonds. The average molecular weight is 327 g/mol. The lowest BCUT2D eigenvalue weighted by Gasteiger charge is -2.19. The first-order valence-electron chi connectivity index (χ1n) is 8.13. The van der Waals surface area contributed by atoms with Gasteiger partial charge in [-0.2, -0.15) is 5.10 Å². The summed E-state index contributed by atoms with van der Waals surface area (Å²) in [5.74, 6) is 1.31. The highest BCUT2D eigenvalue weighted by Crippen LogP contribution is 2.17. The highest BCUT2D eigenvalue weighted by atomic mass is 16.2. The van der Waals surface area contributed by atoms with Crippen LogP contribution in [0.1, 0.15) is 29.5 Å². The van der Waals surface area contributed by atoms with Crippen LogP contribution < -0.4 is 0 Å². The van der Waals surface area contributed by atoms with Gasteiger partial charge in [-0.15, -0.1) is 0 Å². The molecule has 7 heteroatoms. The SMILES string of the molecule is CCc1nc(-c2ccc(C(=O)N3CCCN(C)C(=O)C3)cc2)n[nH]1. The van der Waals surface area contributed by atoms with Crippen LogP contribution in [0.25, 0.3) is 11.4 Å². The Morgan fingerprint density at radius 3 is 2.67 bits per heavy atom. The summed E-state index contributed by atoms with van der Waals surface area (Å²) in [5, 5.41) is 7.05. The maximum absolute atomic E-state index is 12.6. The zero-order chi connectivity index (χ0) is 17.1. The molecule has 0 bridgehead atoms. The van der Waals surface area contributed by atoms with E-state index in [1.165, 1.54) is 0 Å². The first kappa shape index (κ1) is 16.2. The molecule has 0 spiro atoms. The van der Waals surface area contributed by atoms with Gasteiger partial charge in [0.1, 0.15) is 12.4 Å². The fourth-order valence-electron chi connectivity index (χ4n) is 2.69. The van der Waals surface area contributed by atoms with Crippen molar-refractivity contribution in [1.82, 2.24) is 25.0 Å². The van der Waals surface area contributed by atoms with Crippen LogP contribution in [-0.2, 0) is 11.2 Å². The molecule has 1 N–H and O–H groups in total. The Hall–Kier alpha value is -2.70. The zero-order valence-corrected chi connectivity index (χ0v) is 14.0. The molecular formula is C17H21N5O2. The minimum Gasteiger partial charge on any atom is -0.344 e. The van der Waals surface area contributed by atoms with E-state index in [0.717, 1.165) is 24.2 Å². The Balaban J connectivity index is 1.75. The predicted molar refractivity (Wildman–Crippen MR) is 89.4 cm³/mol. The topological polar surface area (TPSA) is 82.2 Å². The van der Waals surface area contributed by atoms with E-state index in [0.29, 0.717) is 24.5 Å². The van der Waals surface area contributed by atoms with Crippen LogP contribution in [0.15, 0.2) is 24.3 Å². The molecule has 0 aliphatic carbocycles. The van der Waals surface area contributed by atoms with Gasteiger partial charge in [0.05, 0.1) is 0 Å². The number of hydrogen-bond acceptors (Lipinski definition) is 4. The molecule has 2 heterocycles. The fourth-order valence-corrected chi connectivity index (χ4v) is 2.69. The van der Waals surface area contributed by atoms with Crippen LogP contribution in [0.5, 0.6) is 0 Å². The van der Waals surface area contributed by atoms with E-state index in [2.05, 4.69) is 15.2 Å². The lowest BCUT2D eigenvalue weighted by atomic mass is 10.1. The van der Waals surface area contributed by atoms with Crippen LogP contribution in [0, 0.1) is 0 Å². The van der Waals surface area contributed by atoms with Gasteiger partial charge in [-0.1, -0.05) is 19.1 Å². The van der Waals surface area contributed by atoms with Crippen LogP contribution >= 0.6 is 0 Å². The Morgan fingerprint density at radius 2 is 2.00 bits per heavy atom. The number of aryl methyl sites for hydroxylation is 1. The average Bonchev–Trinajstić information content (AvgIpc) is 3.02. The fraction of sp³-hybridized carbons (Fsp3) is 0.412. The summed E-state index contributed by atoms with van der Waals surface area (Å²) < 4.78 is 0. The van der Waals surface area contributed by atoms with Crippen molar-refractivity contribution in [3.63, 3.8) is 0 Å². The normalized spacial score (nSPS) is 15.5. The Labute approximate surface area is 140 Å². The Bertz CT molecular complexity index is 738. The van der Waals surface area contributed by atoms with Crippen LogP contribution in [0.3, 0.4) is 0 Å². The number of amides is 2. The number of nitrogens with one attached hydrogen (secondary N) is 1. The Morgan fingerprint density at radius 1 is 1.25 bits per heavy atom. The van der Waals surface area contributed by atoms with Gasteiger partial charge in [-0.25, -0.2) is 4.98 Å². The van der Waals surface area contributed by atoms with Crippen LogP contribution in [-0.4, -0.2) is 63.5 Å². The number of likely N-dealkylation sites (N-methyl/N-ethyl adjacent to an activating group) is 1. The summed E-state index contributed by atoms with van der Waals surface area (Å²) >= 11 is 0. The van der Waals surface area contributed by atoms with E-state index in [-0.39, 0.29) is 18.4 Å². The van der Waals surface area contributed by atoms with E-state index in [9.17, 15) is 9.59 Å². The number of carbonyl (C=O) groups is 2. The van der Waals surface area contributed by atoms with Gasteiger partial charge in [0.25, 0.3) is 5.91 Å². The number of aromatic nitrogens is 3. The monoisotopic (exact) mass is 327 g/mol. The standard InChI is InChI=1S/C17H21N5O2/c1-3-14-18-16(20-19-14)12-5-7-13(8-6-12)17(24)22-10-4-9-21(2)15(23)11-22/h5-8H,3-4,9-11H2,1-2H3,(H,18,19,20). The van der Waals surface area contributed by atoms with Gasteiger partial charge >= 0.3 is 0 Å². The van der Waals surface area contributed by atoms with Crippen molar-refractivity contribution in [3.05, 3.63) is 35.7 Å². The minimum atomic E-state index is -0.116. The molecule has 0 unspecified atom stereocenters. The van der Waals surface area contributed by atoms with Gasteiger partial charge < -0.3 is 9.80 Å². The summed E-state index contributed by atoms with van der Waals surface area (Å²) in [4.78, 5) is 32.2. The third kappa shape index (κ3) is 3.29. The molecule has 1 aliphatic heterocycles. The van der Waals surface area contributed by atoms with Crippen molar-refractivity contribution in [3.8, 4) is 11.4 Å². The van der Waals surface area contributed by atoms with Crippen molar-refractivity contribution in [2.45, 2.75) is 19.8 Å². The molecule has 0 saturated carbocycles. The number of rotatable bonds is 3. The van der Waals surface area contributed by atoms with Gasteiger partial charge in [-0.3, -0.25) is 14.7 Å². The summed E-state index contributed by atoms with van der Waals surface area (Å²) in [7, 11) is 1.77. The minimum absolute atomic E-state index is 0.0229. The lowest BCUT2D eigenvalue weighted by Crippen LogP contribution is -2.38. The second-order valence-corrected chi connectivity index (χ2v) is 5.93. The molecule has 1 aromatic carbocycles. The molecule has 126 valence electrons. The van der Waals surface area contributed by atoms with Crippen molar-refractivity contribution < 1.29 is 9.59 Å². The largest absolute Gasteiger partial charge is 0.344 e. The summed E-state index contributed by atoms with van der Waals surface area (Å²) in [6.45, 7) is 3.42. The van der Waals surface area contributed by atoms with Gasteiger partial charge in [0.2, 0.25) is 5.91 Å². The molecule has 2 aromatic rings. The third-order valence-electron chi connectivity index (χ3n) is 4.22.